The molecular weight excluding hydrogens is 336 g/mol. The molecule has 0 aromatic heterocycles. The molecule has 0 fully saturated rings. The maximum Gasteiger partial charge on any atom is -0.0257 e. The van der Waals surface area contributed by atoms with E-state index in [-0.39, 0.29) is 0 Å². The second-order valence-electron chi connectivity index (χ2n) is 5.85. The van der Waals surface area contributed by atoms with Crippen LogP contribution in [0.2, 0.25) is 0 Å². The van der Waals surface area contributed by atoms with Crippen LogP contribution in [-0.4, -0.2) is 0 Å². The second-order valence-corrected chi connectivity index (χ2v) is 5.85. The van der Waals surface area contributed by atoms with E-state index in [1.54, 1.807) is 0 Å². The molecule has 0 spiro atoms. The lowest BCUT2D eigenvalue weighted by molar-refractivity contribution is 1.66. The Morgan fingerprint density at radius 3 is 0.821 bits per heavy atom. The van der Waals surface area contributed by atoms with E-state index in [0.29, 0.717) is 0 Å². The van der Waals surface area contributed by atoms with Crippen LogP contribution >= 0.6 is 0 Å². The lowest BCUT2D eigenvalue weighted by Crippen LogP contribution is -1.66. The molecule has 0 N–H and O–H groups in total. The van der Waals surface area contributed by atoms with Crippen LogP contribution in [0.3, 0.4) is 0 Å². The van der Waals surface area contributed by atoms with Crippen molar-refractivity contribution in [3.05, 3.63) is 157 Å². The first kappa shape index (κ1) is 20.7. The summed E-state index contributed by atoms with van der Waals surface area (Å²) in [5.74, 6) is 0. The van der Waals surface area contributed by atoms with Gasteiger partial charge in [-0.3, -0.25) is 0 Å². The van der Waals surface area contributed by atoms with E-state index in [0.717, 1.165) is 0 Å². The standard InChI is InChI=1S/C28H26/c1(3-5-7-9-11-15-21-27-23-17-13-18-24-27)2-4-6-8-10-12-16-22-28-25-19-14-20-26-28/h1-26H. The smallest absolute Gasteiger partial charge is 0.0257 e. The normalized spacial score (nSPS) is 13.3. The zero-order valence-electron chi connectivity index (χ0n) is 16.0. The zero-order chi connectivity index (χ0) is 19.5. The van der Waals surface area contributed by atoms with Gasteiger partial charge in [-0.05, 0) is 11.1 Å². The highest BCUT2D eigenvalue weighted by Crippen LogP contribution is 2.01. The van der Waals surface area contributed by atoms with Crippen molar-refractivity contribution in [1.29, 1.82) is 0 Å². The van der Waals surface area contributed by atoms with Crippen molar-refractivity contribution in [2.45, 2.75) is 0 Å². The van der Waals surface area contributed by atoms with Crippen LogP contribution < -0.4 is 0 Å². The van der Waals surface area contributed by atoms with Gasteiger partial charge in [-0.25, -0.2) is 0 Å². The van der Waals surface area contributed by atoms with Gasteiger partial charge >= 0.3 is 0 Å². The topological polar surface area (TPSA) is 0 Å². The van der Waals surface area contributed by atoms with Crippen LogP contribution in [0.4, 0.5) is 0 Å². The molecule has 0 saturated carbocycles. The van der Waals surface area contributed by atoms with Crippen molar-refractivity contribution >= 4 is 12.2 Å². The highest BCUT2D eigenvalue weighted by atomic mass is 13.9. The highest BCUT2D eigenvalue weighted by molar-refractivity contribution is 5.51. The van der Waals surface area contributed by atoms with Crippen LogP contribution in [0.15, 0.2) is 146 Å². The van der Waals surface area contributed by atoms with Gasteiger partial charge in [0, 0.05) is 0 Å². The number of hydrogen-bond donors (Lipinski definition) is 0. The summed E-state index contributed by atoms with van der Waals surface area (Å²) in [6.07, 6.45) is 32.4. The number of rotatable bonds is 9. The lowest BCUT2D eigenvalue weighted by Gasteiger charge is -1.87. The Labute approximate surface area is 169 Å². The first-order chi connectivity index (χ1) is 13.9. The Morgan fingerprint density at radius 1 is 0.286 bits per heavy atom. The van der Waals surface area contributed by atoms with Gasteiger partial charge in [-0.2, -0.15) is 0 Å². The minimum atomic E-state index is 1.20. The van der Waals surface area contributed by atoms with Crippen molar-refractivity contribution in [2.24, 2.45) is 0 Å². The Bertz CT molecular complexity index is 806. The molecule has 0 aliphatic heterocycles. The summed E-state index contributed by atoms with van der Waals surface area (Å²) in [6, 6.07) is 20.5. The third-order valence-electron chi connectivity index (χ3n) is 3.62. The lowest BCUT2D eigenvalue weighted by atomic mass is 10.2. The van der Waals surface area contributed by atoms with Gasteiger partial charge in [0.2, 0.25) is 0 Å². The van der Waals surface area contributed by atoms with E-state index in [1.807, 2.05) is 121 Å². The molecule has 2 aromatic carbocycles. The SMILES string of the molecule is C(C=CC=CC=CC=Cc1ccccc1)=CC=CC=CC=Cc1ccccc1. The van der Waals surface area contributed by atoms with Crippen molar-refractivity contribution in [3.63, 3.8) is 0 Å². The van der Waals surface area contributed by atoms with Crippen LogP contribution in [0.1, 0.15) is 11.1 Å². The fourth-order valence-corrected chi connectivity index (χ4v) is 2.23. The Hall–Kier alpha value is -3.64. The molecule has 0 radical (unpaired) electrons. The fourth-order valence-electron chi connectivity index (χ4n) is 2.23. The second kappa shape index (κ2) is 14.5. The average Bonchev–Trinajstić information content (AvgIpc) is 2.75. The molecule has 0 saturated heterocycles. The molecule has 0 nitrogen and oxygen atoms in total. The van der Waals surface area contributed by atoms with E-state index in [9.17, 15) is 0 Å². The Balaban J connectivity index is 1.60. The van der Waals surface area contributed by atoms with Crippen LogP contribution in [-0.2, 0) is 0 Å². The molecule has 28 heavy (non-hydrogen) atoms. The third kappa shape index (κ3) is 10.4. The number of benzene rings is 2. The largest absolute Gasteiger partial charge is 0.0623 e. The van der Waals surface area contributed by atoms with Gasteiger partial charge in [0.25, 0.3) is 0 Å². The quantitative estimate of drug-likeness (QED) is 0.400. The first-order valence-corrected chi connectivity index (χ1v) is 9.40. The molecule has 2 aromatic rings. The summed E-state index contributed by atoms with van der Waals surface area (Å²) < 4.78 is 0. The van der Waals surface area contributed by atoms with Gasteiger partial charge in [0.15, 0.2) is 0 Å². The average molecular weight is 363 g/mol. The molecule has 2 rings (SSSR count). The maximum absolute atomic E-state index is 2.08. The number of allylic oxidation sites excluding steroid dienone is 14. The van der Waals surface area contributed by atoms with E-state index in [2.05, 4.69) is 36.4 Å². The molecule has 0 bridgehead atoms. The first-order valence-electron chi connectivity index (χ1n) is 9.40. The van der Waals surface area contributed by atoms with Crippen LogP contribution in [0.25, 0.3) is 12.2 Å². The monoisotopic (exact) mass is 362 g/mol. The van der Waals surface area contributed by atoms with Crippen LogP contribution in [0.5, 0.6) is 0 Å². The predicted octanol–water partition coefficient (Wildman–Crippen LogP) is 7.75. The summed E-state index contributed by atoms with van der Waals surface area (Å²) in [6.45, 7) is 0. The molecular formula is C28H26. The fraction of sp³-hybridized carbons (Fsp3) is 0. The molecule has 0 aliphatic carbocycles. The van der Waals surface area contributed by atoms with Gasteiger partial charge < -0.3 is 0 Å². The van der Waals surface area contributed by atoms with E-state index in [4.69, 9.17) is 0 Å². The molecule has 0 unspecified atom stereocenters. The van der Waals surface area contributed by atoms with Crippen molar-refractivity contribution in [2.75, 3.05) is 0 Å². The Morgan fingerprint density at radius 2 is 0.536 bits per heavy atom. The molecule has 0 atom stereocenters. The van der Waals surface area contributed by atoms with Crippen molar-refractivity contribution in [3.8, 4) is 0 Å². The highest BCUT2D eigenvalue weighted by Gasteiger charge is 1.79. The zero-order valence-corrected chi connectivity index (χ0v) is 16.0. The molecule has 0 amide bonds. The molecule has 0 heteroatoms. The van der Waals surface area contributed by atoms with Gasteiger partial charge in [-0.15, -0.1) is 0 Å². The molecule has 0 heterocycles. The Kier molecular flexibility index (Phi) is 10.7. The summed E-state index contributed by atoms with van der Waals surface area (Å²) >= 11 is 0. The van der Waals surface area contributed by atoms with E-state index < -0.39 is 0 Å². The number of hydrogen-bond acceptors (Lipinski definition) is 0. The molecule has 0 aliphatic rings. The van der Waals surface area contributed by atoms with E-state index in [1.165, 1.54) is 11.1 Å². The van der Waals surface area contributed by atoms with E-state index >= 15 is 0 Å². The predicted molar refractivity (Wildman–Crippen MR) is 126 cm³/mol. The van der Waals surface area contributed by atoms with Gasteiger partial charge in [0.1, 0.15) is 0 Å². The molecule has 138 valence electrons. The van der Waals surface area contributed by atoms with Gasteiger partial charge in [0.05, 0.1) is 0 Å². The van der Waals surface area contributed by atoms with Crippen LogP contribution in [0, 0.1) is 0 Å². The summed E-state index contributed by atoms with van der Waals surface area (Å²) in [7, 11) is 0. The summed E-state index contributed by atoms with van der Waals surface area (Å²) in [5, 5.41) is 0. The minimum Gasteiger partial charge on any atom is -0.0623 e. The van der Waals surface area contributed by atoms with Crippen molar-refractivity contribution < 1.29 is 0 Å². The maximum atomic E-state index is 2.08. The minimum absolute atomic E-state index is 1.20. The van der Waals surface area contributed by atoms with Gasteiger partial charge in [-0.1, -0.05) is 158 Å². The van der Waals surface area contributed by atoms with Crippen molar-refractivity contribution in [1.82, 2.24) is 0 Å². The summed E-state index contributed by atoms with van der Waals surface area (Å²) in [5.41, 5.74) is 2.41. The third-order valence-corrected chi connectivity index (χ3v) is 3.62. The summed E-state index contributed by atoms with van der Waals surface area (Å²) in [4.78, 5) is 0.